The van der Waals surface area contributed by atoms with Crippen LogP contribution in [0.5, 0.6) is 0 Å². The normalized spacial score (nSPS) is 12.4. The third-order valence-corrected chi connectivity index (χ3v) is 5.34. The Bertz CT molecular complexity index is 741. The molecule has 0 amide bonds. The third kappa shape index (κ3) is 3.29. The molecule has 0 aliphatic carbocycles. The molecule has 0 N–H and O–H groups in total. The summed E-state index contributed by atoms with van der Waals surface area (Å²) in [5.74, 6) is 0. The van der Waals surface area contributed by atoms with Crippen molar-refractivity contribution in [1.82, 2.24) is 0 Å². The van der Waals surface area contributed by atoms with Crippen LogP contribution >= 0.6 is 15.9 Å². The fourth-order valence-electron chi connectivity index (χ4n) is 1.82. The van der Waals surface area contributed by atoms with Crippen LogP contribution in [0.3, 0.4) is 0 Å². The van der Waals surface area contributed by atoms with Crippen LogP contribution in [0.15, 0.2) is 58.3 Å². The van der Waals surface area contributed by atoms with Crippen LogP contribution in [0.4, 0.5) is 13.2 Å². The van der Waals surface area contributed by atoms with Gasteiger partial charge < -0.3 is 0 Å². The Balaban J connectivity index is 2.67. The lowest BCUT2D eigenvalue weighted by atomic mass is 10.1. The Morgan fingerprint density at radius 1 is 1.00 bits per heavy atom. The van der Waals surface area contributed by atoms with Crippen molar-refractivity contribution < 1.29 is 21.6 Å². The van der Waals surface area contributed by atoms with Crippen molar-refractivity contribution in [2.24, 2.45) is 0 Å². The number of benzene rings is 2. The van der Waals surface area contributed by atoms with Gasteiger partial charge in [-0.2, -0.15) is 13.2 Å². The van der Waals surface area contributed by atoms with E-state index in [4.69, 9.17) is 0 Å². The van der Waals surface area contributed by atoms with Gasteiger partial charge in [0.1, 0.15) is 0 Å². The van der Waals surface area contributed by atoms with Crippen molar-refractivity contribution in [3.8, 4) is 0 Å². The minimum Gasteiger partial charge on any atom is -0.219 e. The monoisotopic (exact) mass is 378 g/mol. The van der Waals surface area contributed by atoms with Crippen LogP contribution in [-0.2, 0) is 21.3 Å². The summed E-state index contributed by atoms with van der Waals surface area (Å²) in [6, 6.07) is 10.1. The van der Waals surface area contributed by atoms with Gasteiger partial charge in [-0.15, -0.1) is 0 Å². The van der Waals surface area contributed by atoms with Gasteiger partial charge in [-0.1, -0.05) is 40.2 Å². The maximum Gasteiger partial charge on any atom is 0.416 e. The standard InChI is InChI=1S/C14H10BrF3O2S/c15-9-10-6-7-11(14(16,17)18)8-13(10)21(19,20)12-4-2-1-3-5-12/h1-8H,9H2. The van der Waals surface area contributed by atoms with Gasteiger partial charge in [-0.05, 0) is 29.8 Å². The molecule has 0 aromatic heterocycles. The second kappa shape index (κ2) is 5.81. The van der Waals surface area contributed by atoms with Crippen LogP contribution < -0.4 is 0 Å². The number of sulfone groups is 1. The number of alkyl halides is 4. The second-order valence-corrected chi connectivity index (χ2v) is 6.75. The molecular formula is C14H10BrF3O2S. The topological polar surface area (TPSA) is 34.1 Å². The summed E-state index contributed by atoms with van der Waals surface area (Å²) >= 11 is 3.10. The predicted molar refractivity (Wildman–Crippen MR) is 76.0 cm³/mol. The smallest absolute Gasteiger partial charge is 0.219 e. The molecule has 0 unspecified atom stereocenters. The number of hydrogen-bond acceptors (Lipinski definition) is 2. The first kappa shape index (κ1) is 16.0. The Morgan fingerprint density at radius 2 is 1.62 bits per heavy atom. The predicted octanol–water partition coefficient (Wildman–Crippen LogP) is 4.43. The van der Waals surface area contributed by atoms with Gasteiger partial charge in [0.05, 0.1) is 15.4 Å². The minimum atomic E-state index is -4.59. The van der Waals surface area contributed by atoms with E-state index < -0.39 is 21.6 Å². The van der Waals surface area contributed by atoms with Crippen molar-refractivity contribution in [3.63, 3.8) is 0 Å². The average Bonchev–Trinajstić information content (AvgIpc) is 2.46. The first-order valence-corrected chi connectivity index (χ1v) is 8.43. The largest absolute Gasteiger partial charge is 0.416 e. The molecule has 2 aromatic carbocycles. The molecule has 0 radical (unpaired) electrons. The van der Waals surface area contributed by atoms with Crippen LogP contribution in [0.2, 0.25) is 0 Å². The van der Waals surface area contributed by atoms with Gasteiger partial charge in [0.25, 0.3) is 0 Å². The zero-order chi connectivity index (χ0) is 15.7. The molecule has 0 aliphatic rings. The summed E-state index contributed by atoms with van der Waals surface area (Å²) in [5, 5.41) is 0.145. The zero-order valence-corrected chi connectivity index (χ0v) is 13.0. The van der Waals surface area contributed by atoms with Gasteiger partial charge in [0, 0.05) is 5.33 Å². The Hall–Kier alpha value is -1.34. The van der Waals surface area contributed by atoms with Gasteiger partial charge in [0.15, 0.2) is 0 Å². The molecule has 0 saturated carbocycles. The summed E-state index contributed by atoms with van der Waals surface area (Å²) in [6.07, 6.45) is -4.59. The van der Waals surface area contributed by atoms with Crippen LogP contribution in [0, 0.1) is 0 Å². The lowest BCUT2D eigenvalue weighted by Gasteiger charge is -2.13. The van der Waals surface area contributed by atoms with E-state index in [2.05, 4.69) is 15.9 Å². The number of hydrogen-bond donors (Lipinski definition) is 0. The molecule has 21 heavy (non-hydrogen) atoms. The lowest BCUT2D eigenvalue weighted by Crippen LogP contribution is -2.10. The van der Waals surface area contributed by atoms with Crippen molar-refractivity contribution in [2.75, 3.05) is 0 Å². The van der Waals surface area contributed by atoms with Gasteiger partial charge in [-0.25, -0.2) is 8.42 Å². The van der Waals surface area contributed by atoms with E-state index in [1.165, 1.54) is 30.3 Å². The highest BCUT2D eigenvalue weighted by molar-refractivity contribution is 9.08. The molecule has 0 saturated heterocycles. The maximum atomic E-state index is 12.8. The molecule has 2 nitrogen and oxygen atoms in total. The number of rotatable bonds is 3. The van der Waals surface area contributed by atoms with E-state index in [0.717, 1.165) is 6.07 Å². The first-order valence-electron chi connectivity index (χ1n) is 5.83. The Labute approximate surface area is 128 Å². The van der Waals surface area contributed by atoms with Crippen molar-refractivity contribution >= 4 is 25.8 Å². The van der Waals surface area contributed by atoms with Crippen LogP contribution in [0.25, 0.3) is 0 Å². The highest BCUT2D eigenvalue weighted by atomic mass is 79.9. The Kier molecular flexibility index (Phi) is 4.43. The molecule has 2 rings (SSSR count). The molecule has 0 bridgehead atoms. The van der Waals surface area contributed by atoms with E-state index >= 15 is 0 Å². The summed E-state index contributed by atoms with van der Waals surface area (Å²) in [5.41, 5.74) is -0.700. The summed E-state index contributed by atoms with van der Waals surface area (Å²) in [4.78, 5) is -0.369. The molecule has 0 fully saturated rings. The van der Waals surface area contributed by atoms with Crippen molar-refractivity contribution in [1.29, 1.82) is 0 Å². The lowest BCUT2D eigenvalue weighted by molar-refractivity contribution is -0.137. The highest BCUT2D eigenvalue weighted by Crippen LogP contribution is 2.34. The SMILES string of the molecule is O=S(=O)(c1ccccc1)c1cc(C(F)(F)F)ccc1CBr. The minimum absolute atomic E-state index is 0.0356. The van der Waals surface area contributed by atoms with E-state index in [0.29, 0.717) is 6.07 Å². The van der Waals surface area contributed by atoms with Crippen LogP contribution in [0.1, 0.15) is 11.1 Å². The fourth-order valence-corrected chi connectivity index (χ4v) is 4.03. The first-order chi connectivity index (χ1) is 9.76. The van der Waals surface area contributed by atoms with Crippen molar-refractivity contribution in [2.45, 2.75) is 21.3 Å². The molecular weight excluding hydrogens is 369 g/mol. The van der Waals surface area contributed by atoms with Gasteiger partial charge in [-0.3, -0.25) is 0 Å². The van der Waals surface area contributed by atoms with Gasteiger partial charge in [0.2, 0.25) is 9.84 Å². The van der Waals surface area contributed by atoms with E-state index in [-0.39, 0.29) is 20.7 Å². The average molecular weight is 379 g/mol. The molecule has 112 valence electrons. The molecule has 0 heterocycles. The van der Waals surface area contributed by atoms with Gasteiger partial charge >= 0.3 is 6.18 Å². The number of halogens is 4. The quantitative estimate of drug-likeness (QED) is 0.740. The van der Waals surface area contributed by atoms with Crippen molar-refractivity contribution in [3.05, 3.63) is 59.7 Å². The van der Waals surface area contributed by atoms with E-state index in [1.54, 1.807) is 6.07 Å². The summed E-state index contributed by atoms with van der Waals surface area (Å²) in [7, 11) is -3.99. The fraction of sp³-hybridized carbons (Fsp3) is 0.143. The molecule has 0 spiro atoms. The van der Waals surface area contributed by atoms with Crippen LogP contribution in [-0.4, -0.2) is 8.42 Å². The third-order valence-electron chi connectivity index (χ3n) is 2.88. The summed E-state index contributed by atoms with van der Waals surface area (Å²) in [6.45, 7) is 0. The summed E-state index contributed by atoms with van der Waals surface area (Å²) < 4.78 is 63.4. The van der Waals surface area contributed by atoms with E-state index in [9.17, 15) is 21.6 Å². The second-order valence-electron chi connectivity index (χ2n) is 4.27. The molecule has 0 aliphatic heterocycles. The highest BCUT2D eigenvalue weighted by Gasteiger charge is 2.33. The molecule has 7 heteroatoms. The maximum absolute atomic E-state index is 12.8. The Morgan fingerprint density at radius 3 is 2.14 bits per heavy atom. The zero-order valence-electron chi connectivity index (χ0n) is 10.6. The molecule has 0 atom stereocenters. The van der Waals surface area contributed by atoms with E-state index in [1.807, 2.05) is 0 Å². The molecule has 2 aromatic rings.